The minimum Gasteiger partial charge on any atom is -0.355 e. The average molecular weight is 247 g/mol. The second kappa shape index (κ2) is 5.29. The van der Waals surface area contributed by atoms with E-state index in [2.05, 4.69) is 26.7 Å². The van der Waals surface area contributed by atoms with Crippen molar-refractivity contribution in [3.63, 3.8) is 0 Å². The molecule has 90 valence electrons. The SMILES string of the molecule is C[C@H](N)c1ccc(N(C)Cc2ccsc2)nc1. The molecule has 0 aliphatic heterocycles. The lowest BCUT2D eigenvalue weighted by molar-refractivity contribution is 0.807. The van der Waals surface area contributed by atoms with Gasteiger partial charge in [-0.25, -0.2) is 4.98 Å². The van der Waals surface area contributed by atoms with Crippen molar-refractivity contribution in [3.05, 3.63) is 46.3 Å². The molecule has 0 aromatic carbocycles. The third-order valence-corrected chi connectivity index (χ3v) is 3.42. The Hall–Kier alpha value is -1.39. The van der Waals surface area contributed by atoms with Crippen molar-refractivity contribution >= 4 is 17.2 Å². The van der Waals surface area contributed by atoms with Gasteiger partial charge in [-0.15, -0.1) is 0 Å². The van der Waals surface area contributed by atoms with E-state index in [1.54, 1.807) is 11.3 Å². The molecule has 0 unspecified atom stereocenters. The van der Waals surface area contributed by atoms with E-state index >= 15 is 0 Å². The van der Waals surface area contributed by atoms with Crippen molar-refractivity contribution in [2.24, 2.45) is 5.73 Å². The standard InChI is InChI=1S/C13H17N3S/c1-10(14)12-3-4-13(15-7-12)16(2)8-11-5-6-17-9-11/h3-7,9-10H,8,14H2,1-2H3/t10-/m0/s1. The quantitative estimate of drug-likeness (QED) is 0.903. The fourth-order valence-corrected chi connectivity index (χ4v) is 2.29. The lowest BCUT2D eigenvalue weighted by atomic mass is 10.1. The molecule has 2 rings (SSSR count). The first-order valence-electron chi connectivity index (χ1n) is 5.60. The van der Waals surface area contributed by atoms with E-state index in [0.717, 1.165) is 17.9 Å². The molecular weight excluding hydrogens is 230 g/mol. The Kier molecular flexibility index (Phi) is 3.76. The first kappa shape index (κ1) is 12.1. The van der Waals surface area contributed by atoms with Crippen LogP contribution >= 0.6 is 11.3 Å². The zero-order valence-corrected chi connectivity index (χ0v) is 10.9. The van der Waals surface area contributed by atoms with Crippen LogP contribution in [0, 0.1) is 0 Å². The van der Waals surface area contributed by atoms with Crippen LogP contribution in [0.25, 0.3) is 0 Å². The van der Waals surface area contributed by atoms with Crippen LogP contribution in [0.4, 0.5) is 5.82 Å². The molecule has 4 heteroatoms. The summed E-state index contributed by atoms with van der Waals surface area (Å²) in [6.07, 6.45) is 1.85. The average Bonchev–Trinajstić information content (AvgIpc) is 2.82. The molecule has 0 fully saturated rings. The Balaban J connectivity index is 2.06. The normalized spacial score (nSPS) is 12.4. The lowest BCUT2D eigenvalue weighted by Gasteiger charge is -2.18. The van der Waals surface area contributed by atoms with E-state index in [1.807, 2.05) is 32.3 Å². The third kappa shape index (κ3) is 3.05. The summed E-state index contributed by atoms with van der Waals surface area (Å²) < 4.78 is 0. The van der Waals surface area contributed by atoms with Crippen molar-refractivity contribution in [2.75, 3.05) is 11.9 Å². The first-order chi connectivity index (χ1) is 8.16. The van der Waals surface area contributed by atoms with Gasteiger partial charge in [-0.1, -0.05) is 6.07 Å². The number of rotatable bonds is 4. The van der Waals surface area contributed by atoms with E-state index in [4.69, 9.17) is 5.73 Å². The van der Waals surface area contributed by atoms with Gasteiger partial charge in [-0.05, 0) is 40.9 Å². The van der Waals surface area contributed by atoms with Gasteiger partial charge in [0, 0.05) is 25.8 Å². The second-order valence-electron chi connectivity index (χ2n) is 4.23. The molecule has 0 spiro atoms. The number of thiophene rings is 1. The maximum absolute atomic E-state index is 5.80. The highest BCUT2D eigenvalue weighted by atomic mass is 32.1. The van der Waals surface area contributed by atoms with Crippen LogP contribution in [0.2, 0.25) is 0 Å². The number of nitrogens with zero attached hydrogens (tertiary/aromatic N) is 2. The van der Waals surface area contributed by atoms with E-state index < -0.39 is 0 Å². The molecule has 0 aliphatic carbocycles. The highest BCUT2D eigenvalue weighted by Crippen LogP contribution is 2.16. The zero-order chi connectivity index (χ0) is 12.3. The number of aromatic nitrogens is 1. The monoisotopic (exact) mass is 247 g/mol. The predicted octanol–water partition coefficient (Wildman–Crippen LogP) is 2.80. The van der Waals surface area contributed by atoms with Crippen LogP contribution in [0.3, 0.4) is 0 Å². The Morgan fingerprint density at radius 2 is 2.24 bits per heavy atom. The Labute approximate surface area is 106 Å². The van der Waals surface area contributed by atoms with Gasteiger partial charge in [0.15, 0.2) is 0 Å². The molecule has 2 aromatic heterocycles. The molecule has 1 atom stereocenters. The molecule has 2 N–H and O–H groups in total. The maximum atomic E-state index is 5.80. The van der Waals surface area contributed by atoms with Gasteiger partial charge in [0.25, 0.3) is 0 Å². The topological polar surface area (TPSA) is 42.1 Å². The minimum atomic E-state index is 0.0405. The molecular formula is C13H17N3S. The van der Waals surface area contributed by atoms with Crippen LogP contribution in [-0.2, 0) is 6.54 Å². The van der Waals surface area contributed by atoms with Crippen molar-refractivity contribution < 1.29 is 0 Å². The summed E-state index contributed by atoms with van der Waals surface area (Å²) in [6.45, 7) is 2.85. The third-order valence-electron chi connectivity index (χ3n) is 2.69. The number of nitrogens with two attached hydrogens (primary N) is 1. The summed E-state index contributed by atoms with van der Waals surface area (Å²) in [5.74, 6) is 0.973. The number of hydrogen-bond donors (Lipinski definition) is 1. The summed E-state index contributed by atoms with van der Waals surface area (Å²) >= 11 is 1.72. The number of anilines is 1. The zero-order valence-electron chi connectivity index (χ0n) is 10.1. The van der Waals surface area contributed by atoms with Crippen LogP contribution < -0.4 is 10.6 Å². The highest BCUT2D eigenvalue weighted by molar-refractivity contribution is 7.07. The molecule has 17 heavy (non-hydrogen) atoms. The minimum absolute atomic E-state index is 0.0405. The predicted molar refractivity (Wildman–Crippen MR) is 73.3 cm³/mol. The van der Waals surface area contributed by atoms with Gasteiger partial charge in [-0.3, -0.25) is 0 Å². The highest BCUT2D eigenvalue weighted by Gasteiger charge is 2.05. The van der Waals surface area contributed by atoms with Crippen LogP contribution in [-0.4, -0.2) is 12.0 Å². The van der Waals surface area contributed by atoms with Crippen molar-refractivity contribution in [1.29, 1.82) is 0 Å². The lowest BCUT2D eigenvalue weighted by Crippen LogP contribution is -2.17. The van der Waals surface area contributed by atoms with Gasteiger partial charge < -0.3 is 10.6 Å². The maximum Gasteiger partial charge on any atom is 0.128 e. The van der Waals surface area contributed by atoms with E-state index in [9.17, 15) is 0 Å². The summed E-state index contributed by atoms with van der Waals surface area (Å²) in [5.41, 5.74) is 8.18. The van der Waals surface area contributed by atoms with Gasteiger partial charge in [0.2, 0.25) is 0 Å². The molecule has 0 saturated heterocycles. The summed E-state index contributed by atoms with van der Waals surface area (Å²) in [4.78, 5) is 6.56. The summed E-state index contributed by atoms with van der Waals surface area (Å²) in [7, 11) is 2.05. The second-order valence-corrected chi connectivity index (χ2v) is 5.01. The number of hydrogen-bond acceptors (Lipinski definition) is 4. The van der Waals surface area contributed by atoms with Crippen molar-refractivity contribution in [2.45, 2.75) is 19.5 Å². The van der Waals surface area contributed by atoms with Gasteiger partial charge >= 0.3 is 0 Å². The van der Waals surface area contributed by atoms with Crippen LogP contribution in [0.1, 0.15) is 24.1 Å². The molecule has 0 amide bonds. The molecule has 0 saturated carbocycles. The largest absolute Gasteiger partial charge is 0.355 e. The fraction of sp³-hybridized carbons (Fsp3) is 0.308. The van der Waals surface area contributed by atoms with Crippen molar-refractivity contribution in [1.82, 2.24) is 4.98 Å². The smallest absolute Gasteiger partial charge is 0.128 e. The first-order valence-corrected chi connectivity index (χ1v) is 6.55. The van der Waals surface area contributed by atoms with Crippen molar-refractivity contribution in [3.8, 4) is 0 Å². The number of pyridine rings is 1. The van der Waals surface area contributed by atoms with Gasteiger partial charge in [0.1, 0.15) is 5.82 Å². The molecule has 2 heterocycles. The Morgan fingerprint density at radius 3 is 2.76 bits per heavy atom. The summed E-state index contributed by atoms with van der Waals surface area (Å²) in [6, 6.07) is 6.23. The molecule has 2 aromatic rings. The fourth-order valence-electron chi connectivity index (χ4n) is 1.63. The molecule has 0 bridgehead atoms. The Bertz CT molecular complexity index is 448. The van der Waals surface area contributed by atoms with Crippen LogP contribution in [0.5, 0.6) is 0 Å². The van der Waals surface area contributed by atoms with E-state index in [-0.39, 0.29) is 6.04 Å². The van der Waals surface area contributed by atoms with Gasteiger partial charge in [0.05, 0.1) is 0 Å². The van der Waals surface area contributed by atoms with Gasteiger partial charge in [-0.2, -0.15) is 11.3 Å². The summed E-state index contributed by atoms with van der Waals surface area (Å²) in [5, 5.41) is 4.25. The van der Waals surface area contributed by atoms with Crippen LogP contribution in [0.15, 0.2) is 35.2 Å². The van der Waals surface area contributed by atoms with E-state index in [1.165, 1.54) is 5.56 Å². The van der Waals surface area contributed by atoms with E-state index in [0.29, 0.717) is 0 Å². The molecule has 0 aliphatic rings. The molecule has 0 radical (unpaired) electrons. The Morgan fingerprint density at radius 1 is 1.41 bits per heavy atom. The molecule has 3 nitrogen and oxygen atoms in total.